The Hall–Kier alpha value is -1.37. The molecule has 0 aromatic carbocycles. The van der Waals surface area contributed by atoms with Crippen molar-refractivity contribution in [3.8, 4) is 6.07 Å². The number of rotatable bonds is 3. The topological polar surface area (TPSA) is 54.5 Å². The van der Waals surface area contributed by atoms with Gasteiger partial charge in [0.2, 0.25) is 0 Å². The molecule has 2 rings (SSSR count). The van der Waals surface area contributed by atoms with Crippen LogP contribution in [0.2, 0.25) is 0 Å². The third-order valence-electron chi connectivity index (χ3n) is 2.49. The maximum atomic E-state index is 8.66. The quantitative estimate of drug-likeness (QED) is 0.730. The smallest absolute Gasteiger partial charge is 0.100 e. The van der Waals surface area contributed by atoms with Crippen molar-refractivity contribution in [2.45, 2.75) is 45.1 Å². The minimum Gasteiger partial charge on any atom is -0.246 e. The van der Waals surface area contributed by atoms with E-state index in [1.165, 1.54) is 12.8 Å². The first-order valence-corrected chi connectivity index (χ1v) is 5.05. The molecule has 1 aliphatic rings. The van der Waals surface area contributed by atoms with Crippen molar-refractivity contribution < 1.29 is 0 Å². The molecule has 1 aromatic rings. The van der Waals surface area contributed by atoms with Gasteiger partial charge in [0, 0.05) is 0 Å². The fraction of sp³-hybridized carbons (Fsp3) is 0.700. The lowest BCUT2D eigenvalue weighted by Gasteiger charge is -2.08. The van der Waals surface area contributed by atoms with Gasteiger partial charge in [-0.25, -0.2) is 4.68 Å². The van der Waals surface area contributed by atoms with E-state index in [4.69, 9.17) is 5.26 Å². The molecule has 0 spiro atoms. The van der Waals surface area contributed by atoms with Gasteiger partial charge in [0.25, 0.3) is 0 Å². The summed E-state index contributed by atoms with van der Waals surface area (Å²) in [5.41, 5.74) is 2.00. The van der Waals surface area contributed by atoms with Crippen LogP contribution >= 0.6 is 0 Å². The Morgan fingerprint density at radius 2 is 2.29 bits per heavy atom. The van der Waals surface area contributed by atoms with Gasteiger partial charge < -0.3 is 0 Å². The van der Waals surface area contributed by atoms with Crippen LogP contribution in [0.4, 0.5) is 0 Å². The second-order valence-electron chi connectivity index (χ2n) is 4.09. The van der Waals surface area contributed by atoms with Gasteiger partial charge >= 0.3 is 0 Å². The van der Waals surface area contributed by atoms with Crippen molar-refractivity contribution in [1.82, 2.24) is 15.0 Å². The highest BCUT2D eigenvalue weighted by Gasteiger charge is 2.29. The van der Waals surface area contributed by atoms with Crippen LogP contribution < -0.4 is 0 Å². The predicted octanol–water partition coefficient (Wildman–Crippen LogP) is 1.80. The normalized spacial score (nSPS) is 15.9. The summed E-state index contributed by atoms with van der Waals surface area (Å²) in [6.45, 7) is 4.25. The van der Waals surface area contributed by atoms with Crippen molar-refractivity contribution in [2.24, 2.45) is 0 Å². The van der Waals surface area contributed by atoms with Gasteiger partial charge in [-0.2, -0.15) is 5.26 Å². The zero-order chi connectivity index (χ0) is 10.1. The molecule has 0 bridgehead atoms. The molecule has 0 aliphatic heterocycles. The molecule has 1 heterocycles. The fourth-order valence-corrected chi connectivity index (χ4v) is 1.72. The third-order valence-corrected chi connectivity index (χ3v) is 2.49. The van der Waals surface area contributed by atoms with Crippen molar-refractivity contribution in [2.75, 3.05) is 0 Å². The molecule has 1 aliphatic carbocycles. The maximum Gasteiger partial charge on any atom is 0.100 e. The standard InChI is InChI=1S/C10H14N4/c1-7(2)10-9(5-6-11)12-13-14(10)8-3-4-8/h7-8H,3-5H2,1-2H3. The number of hydrogen-bond donors (Lipinski definition) is 0. The summed E-state index contributed by atoms with van der Waals surface area (Å²) in [6, 6.07) is 2.68. The summed E-state index contributed by atoms with van der Waals surface area (Å²) in [5.74, 6) is 0.397. The molecule has 0 radical (unpaired) electrons. The molecule has 4 heteroatoms. The van der Waals surface area contributed by atoms with Crippen LogP contribution in [0.1, 0.15) is 50.0 Å². The lowest BCUT2D eigenvalue weighted by atomic mass is 10.1. The summed E-state index contributed by atoms with van der Waals surface area (Å²) in [4.78, 5) is 0. The molecular formula is C10H14N4. The van der Waals surface area contributed by atoms with E-state index in [1.807, 2.05) is 4.68 Å². The fourth-order valence-electron chi connectivity index (χ4n) is 1.72. The van der Waals surface area contributed by atoms with E-state index in [2.05, 4.69) is 30.2 Å². The van der Waals surface area contributed by atoms with Crippen LogP contribution in [0.3, 0.4) is 0 Å². The minimum absolute atomic E-state index is 0.375. The van der Waals surface area contributed by atoms with Gasteiger partial charge in [-0.05, 0) is 18.8 Å². The van der Waals surface area contributed by atoms with E-state index < -0.39 is 0 Å². The maximum absolute atomic E-state index is 8.66. The zero-order valence-corrected chi connectivity index (χ0v) is 8.56. The number of hydrogen-bond acceptors (Lipinski definition) is 3. The Balaban J connectivity index is 2.36. The van der Waals surface area contributed by atoms with Crippen molar-refractivity contribution in [1.29, 1.82) is 5.26 Å². The second kappa shape index (κ2) is 3.41. The Bertz CT molecular complexity index is 368. The summed E-state index contributed by atoms with van der Waals surface area (Å²) in [5, 5.41) is 16.9. The summed E-state index contributed by atoms with van der Waals surface area (Å²) < 4.78 is 2.01. The van der Waals surface area contributed by atoms with E-state index in [1.54, 1.807) is 0 Å². The highest BCUT2D eigenvalue weighted by molar-refractivity contribution is 5.19. The summed E-state index contributed by atoms with van der Waals surface area (Å²) in [7, 11) is 0. The van der Waals surface area contributed by atoms with E-state index in [-0.39, 0.29) is 0 Å². The molecule has 1 aromatic heterocycles. The van der Waals surface area contributed by atoms with E-state index >= 15 is 0 Å². The molecule has 74 valence electrons. The Labute approximate surface area is 83.5 Å². The van der Waals surface area contributed by atoms with Crippen LogP contribution in [0.15, 0.2) is 0 Å². The molecule has 0 saturated heterocycles. The molecule has 0 unspecified atom stereocenters. The van der Waals surface area contributed by atoms with Crippen LogP contribution in [-0.2, 0) is 6.42 Å². The molecule has 1 saturated carbocycles. The highest BCUT2D eigenvalue weighted by Crippen LogP contribution is 2.37. The predicted molar refractivity (Wildman–Crippen MR) is 51.7 cm³/mol. The van der Waals surface area contributed by atoms with E-state index in [0.29, 0.717) is 18.4 Å². The summed E-state index contributed by atoms with van der Waals surface area (Å²) >= 11 is 0. The first-order chi connectivity index (χ1) is 6.74. The third kappa shape index (κ3) is 1.50. The zero-order valence-electron chi connectivity index (χ0n) is 8.56. The van der Waals surface area contributed by atoms with Gasteiger partial charge in [0.15, 0.2) is 0 Å². The first kappa shape index (κ1) is 9.20. The Morgan fingerprint density at radius 3 is 2.79 bits per heavy atom. The van der Waals surface area contributed by atoms with Gasteiger partial charge in [-0.3, -0.25) is 0 Å². The lowest BCUT2D eigenvalue weighted by molar-refractivity contribution is 0.565. The molecule has 4 nitrogen and oxygen atoms in total. The largest absolute Gasteiger partial charge is 0.246 e. The van der Waals surface area contributed by atoms with Crippen molar-refractivity contribution in [3.63, 3.8) is 0 Å². The van der Waals surface area contributed by atoms with Crippen molar-refractivity contribution >= 4 is 0 Å². The average Bonchev–Trinajstić information content (AvgIpc) is 2.88. The van der Waals surface area contributed by atoms with Crippen molar-refractivity contribution in [3.05, 3.63) is 11.4 Å². The molecule has 0 amide bonds. The molecular weight excluding hydrogens is 176 g/mol. The Morgan fingerprint density at radius 1 is 1.57 bits per heavy atom. The molecule has 14 heavy (non-hydrogen) atoms. The highest BCUT2D eigenvalue weighted by atomic mass is 15.5. The van der Waals surface area contributed by atoms with Gasteiger partial charge in [0.1, 0.15) is 5.69 Å². The number of nitriles is 1. The first-order valence-electron chi connectivity index (χ1n) is 5.05. The monoisotopic (exact) mass is 190 g/mol. The number of aromatic nitrogens is 3. The lowest BCUT2D eigenvalue weighted by Crippen LogP contribution is -2.05. The summed E-state index contributed by atoms with van der Waals surface area (Å²) in [6.07, 6.45) is 2.78. The average molecular weight is 190 g/mol. The van der Waals surface area contributed by atoms with E-state index in [9.17, 15) is 0 Å². The molecule has 1 fully saturated rings. The second-order valence-corrected chi connectivity index (χ2v) is 4.09. The number of nitrogens with zero attached hydrogens (tertiary/aromatic N) is 4. The van der Waals surface area contributed by atoms with Crippen LogP contribution in [0.5, 0.6) is 0 Å². The molecule has 0 atom stereocenters. The molecule has 0 N–H and O–H groups in total. The van der Waals surface area contributed by atoms with Crippen LogP contribution in [0.25, 0.3) is 0 Å². The minimum atomic E-state index is 0.375. The van der Waals surface area contributed by atoms with E-state index in [0.717, 1.165) is 11.4 Å². The van der Waals surface area contributed by atoms with Crippen LogP contribution in [-0.4, -0.2) is 15.0 Å². The SMILES string of the molecule is CC(C)c1c(CC#N)nnn1C1CC1. The van der Waals surface area contributed by atoms with Gasteiger partial charge in [-0.1, -0.05) is 19.1 Å². The Kier molecular flexibility index (Phi) is 2.24. The van der Waals surface area contributed by atoms with Gasteiger partial charge in [-0.15, -0.1) is 5.10 Å². The van der Waals surface area contributed by atoms with Crippen LogP contribution in [0, 0.1) is 11.3 Å². The van der Waals surface area contributed by atoms with Gasteiger partial charge in [0.05, 0.1) is 24.2 Å².